The Kier molecular flexibility index (Phi) is 6.75. The molecule has 0 aliphatic carbocycles. The molecule has 2 heterocycles. The molecule has 1 aliphatic rings. The predicted molar refractivity (Wildman–Crippen MR) is 125 cm³/mol. The highest BCUT2D eigenvalue weighted by molar-refractivity contribution is 7.99. The van der Waals surface area contributed by atoms with Crippen LogP contribution in [0.25, 0.3) is 0 Å². The molecule has 6 nitrogen and oxygen atoms in total. The summed E-state index contributed by atoms with van der Waals surface area (Å²) >= 11 is 7.08. The molecule has 0 fully saturated rings. The number of halogens is 1. The third kappa shape index (κ3) is 5.76. The molecule has 1 aromatic heterocycles. The molecule has 0 bridgehead atoms. The molecule has 2 N–H and O–H groups in total. The number of carbonyl (C=O) groups is 1. The Balaban J connectivity index is 1.36. The highest BCUT2D eigenvalue weighted by Crippen LogP contribution is 2.20. The van der Waals surface area contributed by atoms with Gasteiger partial charge in [-0.15, -0.1) is 0 Å². The SMILES string of the molecule is Cc1ccc(CN2CCc3nc(SCC(=O)Nc4ccc(Cl)cc4)[nH]c(=O)c3C2)cc1. The fraction of sp³-hybridized carbons (Fsp3) is 0.261. The maximum Gasteiger partial charge on any atom is 0.256 e. The number of hydrogen-bond donors (Lipinski definition) is 2. The van der Waals surface area contributed by atoms with Crippen LogP contribution in [-0.4, -0.2) is 33.1 Å². The van der Waals surface area contributed by atoms with E-state index in [0.717, 1.165) is 25.2 Å². The van der Waals surface area contributed by atoms with Gasteiger partial charge >= 0.3 is 0 Å². The summed E-state index contributed by atoms with van der Waals surface area (Å²) in [6.45, 7) is 4.30. The number of H-pyrrole nitrogens is 1. The van der Waals surface area contributed by atoms with Crippen molar-refractivity contribution in [3.63, 3.8) is 0 Å². The second-order valence-electron chi connectivity index (χ2n) is 7.59. The van der Waals surface area contributed by atoms with Gasteiger partial charge in [0.25, 0.3) is 5.56 Å². The first-order chi connectivity index (χ1) is 15.0. The monoisotopic (exact) mass is 454 g/mol. The Labute approximate surface area is 190 Å². The van der Waals surface area contributed by atoms with Crippen molar-refractivity contribution in [1.82, 2.24) is 14.9 Å². The van der Waals surface area contributed by atoms with Crippen LogP contribution in [0.1, 0.15) is 22.4 Å². The number of fused-ring (bicyclic) bond motifs is 1. The van der Waals surface area contributed by atoms with Crippen molar-refractivity contribution in [3.8, 4) is 0 Å². The minimum absolute atomic E-state index is 0.126. The van der Waals surface area contributed by atoms with Crippen LogP contribution in [-0.2, 0) is 24.3 Å². The lowest BCUT2D eigenvalue weighted by atomic mass is 10.1. The first-order valence-electron chi connectivity index (χ1n) is 10.0. The Bertz CT molecular complexity index is 1130. The van der Waals surface area contributed by atoms with E-state index in [1.54, 1.807) is 24.3 Å². The molecular formula is C23H23ClN4O2S. The number of aryl methyl sites for hydroxylation is 1. The van der Waals surface area contributed by atoms with Crippen LogP contribution >= 0.6 is 23.4 Å². The summed E-state index contributed by atoms with van der Waals surface area (Å²) in [5.41, 5.74) is 4.56. The van der Waals surface area contributed by atoms with Crippen LogP contribution in [0.4, 0.5) is 5.69 Å². The van der Waals surface area contributed by atoms with Gasteiger partial charge < -0.3 is 10.3 Å². The van der Waals surface area contributed by atoms with Gasteiger partial charge in [0.15, 0.2) is 5.16 Å². The van der Waals surface area contributed by atoms with Gasteiger partial charge in [-0.25, -0.2) is 4.98 Å². The van der Waals surface area contributed by atoms with Crippen molar-refractivity contribution in [3.05, 3.63) is 86.3 Å². The van der Waals surface area contributed by atoms with E-state index >= 15 is 0 Å². The van der Waals surface area contributed by atoms with Gasteiger partial charge in [-0.3, -0.25) is 14.5 Å². The molecule has 0 unspecified atom stereocenters. The lowest BCUT2D eigenvalue weighted by Crippen LogP contribution is -2.35. The third-order valence-electron chi connectivity index (χ3n) is 5.12. The smallest absolute Gasteiger partial charge is 0.256 e. The molecule has 8 heteroatoms. The lowest BCUT2D eigenvalue weighted by molar-refractivity contribution is -0.113. The Morgan fingerprint density at radius 1 is 1.19 bits per heavy atom. The lowest BCUT2D eigenvalue weighted by Gasteiger charge is -2.27. The summed E-state index contributed by atoms with van der Waals surface area (Å²) in [4.78, 5) is 34.5. The number of hydrogen-bond acceptors (Lipinski definition) is 5. The predicted octanol–water partition coefficient (Wildman–Crippen LogP) is 4.02. The maximum absolute atomic E-state index is 12.6. The normalized spacial score (nSPS) is 13.6. The van der Waals surface area contributed by atoms with E-state index in [2.05, 4.69) is 51.4 Å². The van der Waals surface area contributed by atoms with E-state index in [1.807, 2.05) is 0 Å². The molecule has 0 atom stereocenters. The number of aromatic nitrogens is 2. The molecule has 31 heavy (non-hydrogen) atoms. The Hall–Kier alpha value is -2.61. The van der Waals surface area contributed by atoms with Crippen molar-refractivity contribution < 1.29 is 4.79 Å². The van der Waals surface area contributed by atoms with Crippen molar-refractivity contribution >= 4 is 35.0 Å². The second-order valence-corrected chi connectivity index (χ2v) is 8.99. The van der Waals surface area contributed by atoms with Crippen molar-refractivity contribution in [1.29, 1.82) is 0 Å². The largest absolute Gasteiger partial charge is 0.325 e. The molecule has 1 aliphatic heterocycles. The number of carbonyl (C=O) groups excluding carboxylic acids is 1. The van der Waals surface area contributed by atoms with Crippen LogP contribution in [0.2, 0.25) is 5.02 Å². The van der Waals surface area contributed by atoms with Crippen molar-refractivity contribution in [2.45, 2.75) is 31.6 Å². The number of thioether (sulfide) groups is 1. The van der Waals surface area contributed by atoms with E-state index in [-0.39, 0.29) is 17.2 Å². The number of amides is 1. The number of anilines is 1. The summed E-state index contributed by atoms with van der Waals surface area (Å²) in [6.07, 6.45) is 0.718. The zero-order chi connectivity index (χ0) is 21.8. The van der Waals surface area contributed by atoms with Crippen LogP contribution < -0.4 is 10.9 Å². The number of nitrogens with zero attached hydrogens (tertiary/aromatic N) is 2. The fourth-order valence-electron chi connectivity index (χ4n) is 3.48. The molecule has 0 saturated heterocycles. The summed E-state index contributed by atoms with van der Waals surface area (Å²) in [6, 6.07) is 15.4. The standard InChI is InChI=1S/C23H23ClN4O2S/c1-15-2-4-16(5-3-15)12-28-11-10-20-19(13-28)22(30)27-23(26-20)31-14-21(29)25-18-8-6-17(24)7-9-18/h2-9H,10-14H2,1H3,(H,25,29)(H,26,27,30). The number of nitrogens with one attached hydrogen (secondary N) is 2. The highest BCUT2D eigenvalue weighted by Gasteiger charge is 2.21. The quantitative estimate of drug-likeness (QED) is 0.434. The summed E-state index contributed by atoms with van der Waals surface area (Å²) < 4.78 is 0. The van der Waals surface area contributed by atoms with E-state index in [0.29, 0.717) is 28.0 Å². The van der Waals surface area contributed by atoms with E-state index in [1.165, 1.54) is 22.9 Å². The van der Waals surface area contributed by atoms with Crippen LogP contribution in [0.15, 0.2) is 58.5 Å². The summed E-state index contributed by atoms with van der Waals surface area (Å²) in [7, 11) is 0. The van der Waals surface area contributed by atoms with Crippen LogP contribution in [0.3, 0.4) is 0 Å². The van der Waals surface area contributed by atoms with E-state index in [9.17, 15) is 9.59 Å². The zero-order valence-corrected chi connectivity index (χ0v) is 18.7. The van der Waals surface area contributed by atoms with Crippen LogP contribution in [0.5, 0.6) is 0 Å². The first kappa shape index (κ1) is 21.6. The molecule has 4 rings (SSSR count). The van der Waals surface area contributed by atoms with Gasteiger partial charge in [-0.2, -0.15) is 0 Å². The molecule has 1 amide bonds. The molecule has 2 aromatic carbocycles. The summed E-state index contributed by atoms with van der Waals surface area (Å²) in [5.74, 6) is -0.0128. The average molecular weight is 455 g/mol. The number of benzene rings is 2. The van der Waals surface area contributed by atoms with Crippen LogP contribution in [0, 0.1) is 6.92 Å². The summed E-state index contributed by atoms with van der Waals surface area (Å²) in [5, 5.41) is 3.89. The molecular weight excluding hydrogens is 432 g/mol. The molecule has 0 radical (unpaired) electrons. The van der Waals surface area contributed by atoms with Gasteiger partial charge in [-0.1, -0.05) is 53.2 Å². The van der Waals surface area contributed by atoms with E-state index < -0.39 is 0 Å². The first-order valence-corrected chi connectivity index (χ1v) is 11.4. The van der Waals surface area contributed by atoms with Gasteiger partial charge in [0, 0.05) is 36.8 Å². The highest BCUT2D eigenvalue weighted by atomic mass is 35.5. The minimum atomic E-state index is -0.169. The van der Waals surface area contributed by atoms with Gasteiger partial charge in [0.2, 0.25) is 5.91 Å². The Morgan fingerprint density at radius 2 is 1.94 bits per heavy atom. The molecule has 160 valence electrons. The second kappa shape index (κ2) is 9.68. The van der Waals surface area contributed by atoms with Gasteiger partial charge in [-0.05, 0) is 36.8 Å². The molecule has 0 saturated carbocycles. The van der Waals surface area contributed by atoms with Gasteiger partial charge in [0.05, 0.1) is 17.0 Å². The number of aromatic amines is 1. The van der Waals surface area contributed by atoms with Crippen molar-refractivity contribution in [2.75, 3.05) is 17.6 Å². The zero-order valence-electron chi connectivity index (χ0n) is 17.2. The van der Waals surface area contributed by atoms with Crippen molar-refractivity contribution in [2.24, 2.45) is 0 Å². The Morgan fingerprint density at radius 3 is 2.68 bits per heavy atom. The molecule has 3 aromatic rings. The minimum Gasteiger partial charge on any atom is -0.325 e. The number of rotatable bonds is 6. The topological polar surface area (TPSA) is 78.1 Å². The van der Waals surface area contributed by atoms with Gasteiger partial charge in [0.1, 0.15) is 0 Å². The molecule has 0 spiro atoms. The fourth-order valence-corrected chi connectivity index (χ4v) is 4.28. The maximum atomic E-state index is 12.6. The third-order valence-corrected chi connectivity index (χ3v) is 6.25. The average Bonchev–Trinajstić information content (AvgIpc) is 2.76. The van der Waals surface area contributed by atoms with E-state index in [4.69, 9.17) is 11.6 Å².